The van der Waals surface area contributed by atoms with Crippen molar-refractivity contribution < 1.29 is 4.74 Å². The summed E-state index contributed by atoms with van der Waals surface area (Å²) >= 11 is 2.04. The lowest BCUT2D eigenvalue weighted by molar-refractivity contribution is 0.320. The van der Waals surface area contributed by atoms with Crippen LogP contribution in [-0.4, -0.2) is 27.2 Å². The average molecular weight is 291 g/mol. The van der Waals surface area contributed by atoms with E-state index in [1.54, 1.807) is 0 Å². The molecule has 2 N–H and O–H groups in total. The third kappa shape index (κ3) is 2.59. The van der Waals surface area contributed by atoms with Gasteiger partial charge in [0.15, 0.2) is 0 Å². The number of aromatic nitrogens is 2. The van der Waals surface area contributed by atoms with Crippen molar-refractivity contribution in [2.45, 2.75) is 38.0 Å². The van der Waals surface area contributed by atoms with Gasteiger partial charge in [-0.25, -0.2) is 4.98 Å². The van der Waals surface area contributed by atoms with Gasteiger partial charge in [0.1, 0.15) is 11.3 Å². The third-order valence-corrected chi connectivity index (χ3v) is 5.02. The molecule has 20 heavy (non-hydrogen) atoms. The number of hydrogen-bond acceptors (Lipinski definition) is 4. The van der Waals surface area contributed by atoms with Gasteiger partial charge in [-0.2, -0.15) is 11.8 Å². The summed E-state index contributed by atoms with van der Waals surface area (Å²) in [5.41, 5.74) is 8.09. The van der Waals surface area contributed by atoms with Crippen molar-refractivity contribution in [2.24, 2.45) is 0 Å². The van der Waals surface area contributed by atoms with Crippen LogP contribution in [0.4, 0.5) is 5.95 Å². The number of benzene rings is 1. The fraction of sp³-hybridized carbons (Fsp3) is 0.533. The fourth-order valence-electron chi connectivity index (χ4n) is 2.65. The van der Waals surface area contributed by atoms with Crippen molar-refractivity contribution in [1.29, 1.82) is 0 Å². The SMILES string of the molecule is CCCOc1cccc2c1nc(N)n2CC1CCCS1. The average Bonchev–Trinajstić information content (AvgIpc) is 3.06. The van der Waals surface area contributed by atoms with Crippen molar-refractivity contribution in [2.75, 3.05) is 18.1 Å². The van der Waals surface area contributed by atoms with Crippen LogP contribution in [0.25, 0.3) is 11.0 Å². The molecule has 0 amide bonds. The van der Waals surface area contributed by atoms with Gasteiger partial charge in [0.2, 0.25) is 5.95 Å². The van der Waals surface area contributed by atoms with Gasteiger partial charge in [0.05, 0.1) is 12.1 Å². The van der Waals surface area contributed by atoms with Crippen LogP contribution in [0.1, 0.15) is 26.2 Å². The molecule has 3 rings (SSSR count). The summed E-state index contributed by atoms with van der Waals surface area (Å²) in [7, 11) is 0. The molecule has 1 unspecified atom stereocenters. The first-order valence-corrected chi connectivity index (χ1v) is 8.33. The Morgan fingerprint density at radius 2 is 2.40 bits per heavy atom. The summed E-state index contributed by atoms with van der Waals surface area (Å²) in [5, 5.41) is 0.662. The molecular formula is C15H21N3OS. The quantitative estimate of drug-likeness (QED) is 0.918. The smallest absolute Gasteiger partial charge is 0.201 e. The minimum Gasteiger partial charge on any atom is -0.491 e. The summed E-state index contributed by atoms with van der Waals surface area (Å²) < 4.78 is 7.91. The highest BCUT2D eigenvalue weighted by Crippen LogP contribution is 2.32. The van der Waals surface area contributed by atoms with Crippen LogP contribution in [0.5, 0.6) is 5.75 Å². The first-order valence-electron chi connectivity index (χ1n) is 7.28. The first kappa shape index (κ1) is 13.6. The number of rotatable bonds is 5. The largest absolute Gasteiger partial charge is 0.491 e. The zero-order chi connectivity index (χ0) is 13.9. The molecule has 4 nitrogen and oxygen atoms in total. The predicted octanol–water partition coefficient (Wildman–Crippen LogP) is 3.30. The number of hydrogen-bond donors (Lipinski definition) is 1. The maximum Gasteiger partial charge on any atom is 0.201 e. The second kappa shape index (κ2) is 5.95. The topological polar surface area (TPSA) is 53.1 Å². The van der Waals surface area contributed by atoms with Crippen LogP contribution < -0.4 is 10.5 Å². The molecule has 1 aliphatic rings. The minimum atomic E-state index is 0.597. The second-order valence-electron chi connectivity index (χ2n) is 5.19. The number of nitrogen functional groups attached to an aromatic ring is 1. The highest BCUT2D eigenvalue weighted by atomic mass is 32.2. The molecule has 1 atom stereocenters. The Labute approximate surface area is 123 Å². The molecule has 0 bridgehead atoms. The lowest BCUT2D eigenvalue weighted by Gasteiger charge is -2.12. The van der Waals surface area contributed by atoms with E-state index in [0.29, 0.717) is 17.8 Å². The highest BCUT2D eigenvalue weighted by molar-refractivity contribution is 8.00. The van der Waals surface area contributed by atoms with Crippen molar-refractivity contribution in [3.8, 4) is 5.75 Å². The van der Waals surface area contributed by atoms with E-state index < -0.39 is 0 Å². The summed E-state index contributed by atoms with van der Waals surface area (Å²) in [6, 6.07) is 6.07. The Balaban J connectivity index is 1.93. The van der Waals surface area contributed by atoms with Gasteiger partial charge in [-0.05, 0) is 37.1 Å². The summed E-state index contributed by atoms with van der Waals surface area (Å²) in [5.74, 6) is 2.70. The summed E-state index contributed by atoms with van der Waals surface area (Å²) in [6.45, 7) is 3.76. The summed E-state index contributed by atoms with van der Waals surface area (Å²) in [6.07, 6.45) is 3.58. The molecule has 1 fully saturated rings. The highest BCUT2D eigenvalue weighted by Gasteiger charge is 2.19. The van der Waals surface area contributed by atoms with Crippen LogP contribution in [0.15, 0.2) is 18.2 Å². The first-order chi connectivity index (χ1) is 9.79. The van der Waals surface area contributed by atoms with E-state index in [1.165, 1.54) is 18.6 Å². The van der Waals surface area contributed by atoms with Gasteiger partial charge in [0.25, 0.3) is 0 Å². The molecule has 1 saturated heterocycles. The van der Waals surface area contributed by atoms with Gasteiger partial charge in [-0.15, -0.1) is 0 Å². The van der Waals surface area contributed by atoms with Crippen LogP contribution in [0.2, 0.25) is 0 Å². The van der Waals surface area contributed by atoms with Gasteiger partial charge < -0.3 is 15.0 Å². The Morgan fingerprint density at radius 1 is 1.50 bits per heavy atom. The number of fused-ring (bicyclic) bond motifs is 1. The van der Waals surface area contributed by atoms with Crippen LogP contribution >= 0.6 is 11.8 Å². The molecule has 108 valence electrons. The number of nitrogens with two attached hydrogens (primary N) is 1. The molecule has 2 heterocycles. The van der Waals surface area contributed by atoms with Crippen molar-refractivity contribution in [3.63, 3.8) is 0 Å². The van der Waals surface area contributed by atoms with Gasteiger partial charge in [-0.1, -0.05) is 13.0 Å². The van der Waals surface area contributed by atoms with Crippen LogP contribution in [0, 0.1) is 0 Å². The second-order valence-corrected chi connectivity index (χ2v) is 6.60. The number of nitrogens with zero attached hydrogens (tertiary/aromatic N) is 2. The third-order valence-electron chi connectivity index (χ3n) is 3.64. The molecule has 0 aliphatic carbocycles. The molecule has 5 heteroatoms. The monoisotopic (exact) mass is 291 g/mol. The lowest BCUT2D eigenvalue weighted by atomic mass is 10.2. The number of imidazole rings is 1. The molecule has 1 aromatic heterocycles. The zero-order valence-corrected chi connectivity index (χ0v) is 12.7. The number of thioether (sulfide) groups is 1. The van der Waals surface area contributed by atoms with Crippen molar-refractivity contribution >= 4 is 28.7 Å². The zero-order valence-electron chi connectivity index (χ0n) is 11.8. The van der Waals surface area contributed by atoms with Crippen LogP contribution in [0.3, 0.4) is 0 Å². The van der Waals surface area contributed by atoms with Gasteiger partial charge >= 0.3 is 0 Å². The lowest BCUT2D eigenvalue weighted by Crippen LogP contribution is -2.12. The Kier molecular flexibility index (Phi) is 4.05. The summed E-state index contributed by atoms with van der Waals surface area (Å²) in [4.78, 5) is 4.51. The Bertz CT molecular complexity index is 590. The normalized spacial score (nSPS) is 18.8. The Morgan fingerprint density at radius 3 is 3.15 bits per heavy atom. The van der Waals surface area contributed by atoms with Crippen LogP contribution in [-0.2, 0) is 6.54 Å². The van der Waals surface area contributed by atoms with E-state index in [1.807, 2.05) is 23.9 Å². The van der Waals surface area contributed by atoms with E-state index in [2.05, 4.69) is 22.5 Å². The molecule has 0 saturated carbocycles. The maximum absolute atomic E-state index is 6.12. The van der Waals surface area contributed by atoms with E-state index in [4.69, 9.17) is 10.5 Å². The predicted molar refractivity (Wildman–Crippen MR) is 85.4 cm³/mol. The molecule has 0 spiro atoms. The van der Waals surface area contributed by atoms with E-state index >= 15 is 0 Å². The maximum atomic E-state index is 6.12. The Hall–Kier alpha value is -1.36. The molecule has 2 aromatic rings. The standard InChI is InChI=1S/C15H21N3OS/c1-2-8-19-13-7-3-6-12-14(13)17-15(16)18(12)10-11-5-4-9-20-11/h3,6-7,11H,2,4-5,8-10H2,1H3,(H2,16,17). The van der Waals surface area contributed by atoms with Gasteiger partial charge in [0, 0.05) is 11.8 Å². The molecule has 0 radical (unpaired) electrons. The molecular weight excluding hydrogens is 270 g/mol. The number of para-hydroxylation sites is 1. The van der Waals surface area contributed by atoms with E-state index in [-0.39, 0.29) is 0 Å². The molecule has 1 aromatic carbocycles. The van der Waals surface area contributed by atoms with E-state index in [9.17, 15) is 0 Å². The number of anilines is 1. The number of ether oxygens (including phenoxy) is 1. The van der Waals surface area contributed by atoms with Crippen molar-refractivity contribution in [1.82, 2.24) is 9.55 Å². The van der Waals surface area contributed by atoms with Crippen molar-refractivity contribution in [3.05, 3.63) is 18.2 Å². The molecule has 1 aliphatic heterocycles. The fourth-order valence-corrected chi connectivity index (χ4v) is 3.91. The minimum absolute atomic E-state index is 0.597. The van der Waals surface area contributed by atoms with E-state index in [0.717, 1.165) is 29.7 Å². The van der Waals surface area contributed by atoms with Gasteiger partial charge in [-0.3, -0.25) is 0 Å².